The molecule has 0 radical (unpaired) electrons. The van der Waals surface area contributed by atoms with Gasteiger partial charge >= 0.3 is 6.03 Å². The molecule has 0 aromatic carbocycles. The van der Waals surface area contributed by atoms with Crippen molar-refractivity contribution in [2.24, 2.45) is 0 Å². The molecule has 1 heterocycles. The van der Waals surface area contributed by atoms with Gasteiger partial charge in [-0.25, -0.2) is 4.79 Å². The van der Waals surface area contributed by atoms with Crippen molar-refractivity contribution in [2.45, 2.75) is 25.8 Å². The predicted octanol–water partition coefficient (Wildman–Crippen LogP) is -0.544. The molecular formula is C11H15N3O3. The van der Waals surface area contributed by atoms with Crippen molar-refractivity contribution in [2.75, 3.05) is 13.1 Å². The molecule has 1 atom stereocenters. The minimum absolute atomic E-state index is 0.0769. The van der Waals surface area contributed by atoms with Gasteiger partial charge in [0.25, 0.3) is 5.91 Å². The Labute approximate surface area is 99.7 Å². The highest BCUT2D eigenvalue weighted by Gasteiger charge is 2.46. The summed E-state index contributed by atoms with van der Waals surface area (Å²) in [5.74, 6) is 1.40. The van der Waals surface area contributed by atoms with Crippen molar-refractivity contribution in [3.8, 4) is 12.3 Å². The second-order valence-electron chi connectivity index (χ2n) is 3.99. The maximum atomic E-state index is 11.9. The van der Waals surface area contributed by atoms with Gasteiger partial charge in [0.05, 0.1) is 6.54 Å². The van der Waals surface area contributed by atoms with Crippen LogP contribution in [0.3, 0.4) is 0 Å². The SMILES string of the molecule is C#CCNC(=O)CN1C(=O)NC(C)(CC)C1=O. The number of carbonyl (C=O) groups is 3. The van der Waals surface area contributed by atoms with E-state index in [1.807, 2.05) is 0 Å². The normalized spacial score (nSPS) is 23.2. The van der Waals surface area contributed by atoms with E-state index < -0.39 is 17.5 Å². The molecule has 1 aliphatic rings. The Hall–Kier alpha value is -2.03. The van der Waals surface area contributed by atoms with Crippen LogP contribution in [-0.4, -0.2) is 41.4 Å². The molecule has 0 aromatic heterocycles. The molecule has 4 amide bonds. The number of terminal acetylenes is 1. The first-order chi connectivity index (χ1) is 7.94. The molecule has 0 spiro atoms. The van der Waals surface area contributed by atoms with Gasteiger partial charge in [0, 0.05) is 0 Å². The molecule has 1 saturated heterocycles. The number of imide groups is 1. The van der Waals surface area contributed by atoms with Crippen molar-refractivity contribution in [3.63, 3.8) is 0 Å². The predicted molar refractivity (Wildman–Crippen MR) is 60.8 cm³/mol. The van der Waals surface area contributed by atoms with Crippen LogP contribution in [0.2, 0.25) is 0 Å². The van der Waals surface area contributed by atoms with Crippen LogP contribution in [-0.2, 0) is 9.59 Å². The van der Waals surface area contributed by atoms with E-state index in [-0.39, 0.29) is 19.0 Å². The molecule has 17 heavy (non-hydrogen) atoms. The molecule has 0 aromatic rings. The lowest BCUT2D eigenvalue weighted by Gasteiger charge is -2.18. The van der Waals surface area contributed by atoms with Gasteiger partial charge in [0.1, 0.15) is 12.1 Å². The largest absolute Gasteiger partial charge is 0.344 e. The Balaban J connectivity index is 2.67. The van der Waals surface area contributed by atoms with E-state index in [1.165, 1.54) is 0 Å². The molecule has 1 aliphatic heterocycles. The first kappa shape index (κ1) is 13.0. The number of hydrogen-bond acceptors (Lipinski definition) is 3. The van der Waals surface area contributed by atoms with Crippen LogP contribution in [0.25, 0.3) is 0 Å². The van der Waals surface area contributed by atoms with Crippen LogP contribution in [0.1, 0.15) is 20.3 Å². The van der Waals surface area contributed by atoms with E-state index in [0.29, 0.717) is 6.42 Å². The van der Waals surface area contributed by atoms with Crippen molar-refractivity contribution in [1.29, 1.82) is 0 Å². The highest BCUT2D eigenvalue weighted by atomic mass is 16.2. The van der Waals surface area contributed by atoms with Gasteiger partial charge < -0.3 is 10.6 Å². The Morgan fingerprint density at radius 2 is 2.24 bits per heavy atom. The lowest BCUT2D eigenvalue weighted by Crippen LogP contribution is -2.44. The van der Waals surface area contributed by atoms with E-state index in [9.17, 15) is 14.4 Å². The zero-order valence-electron chi connectivity index (χ0n) is 9.87. The summed E-state index contributed by atoms with van der Waals surface area (Å²) in [5, 5.41) is 4.96. The quantitative estimate of drug-likeness (QED) is 0.509. The zero-order valence-corrected chi connectivity index (χ0v) is 9.87. The molecule has 0 bridgehead atoms. The molecule has 1 fully saturated rings. The van der Waals surface area contributed by atoms with Gasteiger partial charge in [0.2, 0.25) is 5.91 Å². The van der Waals surface area contributed by atoms with Crippen LogP contribution < -0.4 is 10.6 Å². The number of carbonyl (C=O) groups excluding carboxylic acids is 3. The summed E-state index contributed by atoms with van der Waals surface area (Å²) in [6, 6.07) is -0.546. The lowest BCUT2D eigenvalue weighted by molar-refractivity contribution is -0.134. The Kier molecular flexibility index (Phi) is 3.73. The molecule has 92 valence electrons. The fourth-order valence-electron chi connectivity index (χ4n) is 1.48. The molecule has 1 unspecified atom stereocenters. The van der Waals surface area contributed by atoms with Crippen LogP contribution in [0, 0.1) is 12.3 Å². The highest BCUT2D eigenvalue weighted by Crippen LogP contribution is 2.20. The van der Waals surface area contributed by atoms with E-state index >= 15 is 0 Å². The molecule has 0 saturated carbocycles. The van der Waals surface area contributed by atoms with Crippen molar-refractivity contribution < 1.29 is 14.4 Å². The fourth-order valence-corrected chi connectivity index (χ4v) is 1.48. The maximum absolute atomic E-state index is 11.9. The van der Waals surface area contributed by atoms with Gasteiger partial charge in [0.15, 0.2) is 0 Å². The number of urea groups is 1. The summed E-state index contributed by atoms with van der Waals surface area (Å²) in [4.78, 5) is 35.7. The Morgan fingerprint density at radius 3 is 2.71 bits per heavy atom. The second kappa shape index (κ2) is 4.87. The highest BCUT2D eigenvalue weighted by molar-refractivity contribution is 6.08. The average Bonchev–Trinajstić information content (AvgIpc) is 2.51. The minimum atomic E-state index is -0.913. The number of rotatable bonds is 4. The molecule has 2 N–H and O–H groups in total. The topological polar surface area (TPSA) is 78.5 Å². The lowest BCUT2D eigenvalue weighted by atomic mass is 9.99. The Bertz CT molecular complexity index is 399. The first-order valence-corrected chi connectivity index (χ1v) is 5.29. The standard InChI is InChI=1S/C11H15N3O3/c1-4-6-12-8(15)7-14-9(16)11(3,5-2)13-10(14)17/h1H,5-7H2,2-3H3,(H,12,15)(H,13,17). The van der Waals surface area contributed by atoms with Gasteiger partial charge in [-0.05, 0) is 13.3 Å². The summed E-state index contributed by atoms with van der Waals surface area (Å²) in [5.41, 5.74) is -0.913. The summed E-state index contributed by atoms with van der Waals surface area (Å²) < 4.78 is 0. The average molecular weight is 237 g/mol. The summed E-state index contributed by atoms with van der Waals surface area (Å²) in [7, 11) is 0. The number of nitrogens with one attached hydrogen (secondary N) is 2. The monoisotopic (exact) mass is 237 g/mol. The number of amides is 4. The first-order valence-electron chi connectivity index (χ1n) is 5.29. The van der Waals surface area contributed by atoms with Gasteiger partial charge in [-0.1, -0.05) is 12.8 Å². The van der Waals surface area contributed by atoms with Crippen molar-refractivity contribution >= 4 is 17.8 Å². The summed E-state index contributed by atoms with van der Waals surface area (Å²) in [6.07, 6.45) is 5.45. The number of hydrogen-bond donors (Lipinski definition) is 2. The van der Waals surface area contributed by atoms with Gasteiger partial charge in [-0.15, -0.1) is 6.42 Å². The van der Waals surface area contributed by atoms with Crippen molar-refractivity contribution in [3.05, 3.63) is 0 Å². The third-order valence-corrected chi connectivity index (χ3v) is 2.74. The smallest absolute Gasteiger partial charge is 0.325 e. The molecular weight excluding hydrogens is 222 g/mol. The molecule has 6 heteroatoms. The molecule has 0 aliphatic carbocycles. The Morgan fingerprint density at radius 1 is 1.59 bits per heavy atom. The minimum Gasteiger partial charge on any atom is -0.344 e. The van der Waals surface area contributed by atoms with Crippen LogP contribution in [0.5, 0.6) is 0 Å². The van der Waals surface area contributed by atoms with E-state index in [2.05, 4.69) is 16.6 Å². The van der Waals surface area contributed by atoms with Crippen LogP contribution in [0.4, 0.5) is 4.79 Å². The van der Waals surface area contributed by atoms with Gasteiger partial charge in [-0.2, -0.15) is 0 Å². The third kappa shape index (κ3) is 2.56. The zero-order chi connectivity index (χ0) is 13.1. The van der Waals surface area contributed by atoms with Crippen LogP contribution >= 0.6 is 0 Å². The maximum Gasteiger partial charge on any atom is 0.325 e. The van der Waals surface area contributed by atoms with Crippen molar-refractivity contribution in [1.82, 2.24) is 15.5 Å². The second-order valence-corrected chi connectivity index (χ2v) is 3.99. The van der Waals surface area contributed by atoms with E-state index in [0.717, 1.165) is 4.90 Å². The summed E-state index contributed by atoms with van der Waals surface area (Å²) >= 11 is 0. The fraction of sp³-hybridized carbons (Fsp3) is 0.545. The molecule has 6 nitrogen and oxygen atoms in total. The number of nitrogens with zero attached hydrogens (tertiary/aromatic N) is 1. The van der Waals surface area contributed by atoms with Crippen LogP contribution in [0.15, 0.2) is 0 Å². The van der Waals surface area contributed by atoms with E-state index in [1.54, 1.807) is 13.8 Å². The third-order valence-electron chi connectivity index (χ3n) is 2.74. The molecule has 1 rings (SSSR count). The van der Waals surface area contributed by atoms with E-state index in [4.69, 9.17) is 6.42 Å². The van der Waals surface area contributed by atoms with Gasteiger partial charge in [-0.3, -0.25) is 14.5 Å². The summed E-state index contributed by atoms with van der Waals surface area (Å²) in [6.45, 7) is 3.20.